The van der Waals surface area contributed by atoms with Gasteiger partial charge in [0.1, 0.15) is 5.75 Å². The second-order valence-electron chi connectivity index (χ2n) is 4.50. The van der Waals surface area contributed by atoms with Crippen molar-refractivity contribution in [3.05, 3.63) is 29.8 Å². The Morgan fingerprint density at radius 2 is 1.85 bits per heavy atom. The largest absolute Gasteiger partial charge is 0.435 e. The molecule has 0 aliphatic heterocycles. The molecule has 20 heavy (non-hydrogen) atoms. The van der Waals surface area contributed by atoms with Crippen LogP contribution in [0.4, 0.5) is 8.78 Å². The molecule has 0 radical (unpaired) electrons. The van der Waals surface area contributed by atoms with E-state index in [0.29, 0.717) is 6.54 Å². The zero-order valence-electron chi connectivity index (χ0n) is 11.5. The molecule has 1 unspecified atom stereocenters. The Kier molecular flexibility index (Phi) is 6.35. The first-order valence-electron chi connectivity index (χ1n) is 6.30. The molecule has 7 heteroatoms. The van der Waals surface area contributed by atoms with E-state index in [0.717, 1.165) is 5.56 Å². The first-order valence-corrected chi connectivity index (χ1v) is 8.12. The number of hydrogen-bond acceptors (Lipinski definition) is 4. The molecule has 0 fully saturated rings. The molecule has 114 valence electrons. The summed E-state index contributed by atoms with van der Waals surface area (Å²) in [6.45, 7) is 1.04. The van der Waals surface area contributed by atoms with Gasteiger partial charge in [-0.05, 0) is 24.6 Å². The molecule has 0 saturated heterocycles. The Bertz CT molecular complexity index is 503. The fourth-order valence-electron chi connectivity index (χ4n) is 1.64. The van der Waals surface area contributed by atoms with Crippen LogP contribution in [0.5, 0.6) is 5.75 Å². The van der Waals surface area contributed by atoms with E-state index in [2.05, 4.69) is 10.1 Å². The number of benzene rings is 1. The Morgan fingerprint density at radius 3 is 2.35 bits per heavy atom. The van der Waals surface area contributed by atoms with E-state index in [9.17, 15) is 17.2 Å². The van der Waals surface area contributed by atoms with Gasteiger partial charge in [0.25, 0.3) is 0 Å². The van der Waals surface area contributed by atoms with Crippen LogP contribution in [0, 0.1) is 0 Å². The van der Waals surface area contributed by atoms with Gasteiger partial charge in [-0.2, -0.15) is 8.78 Å². The van der Waals surface area contributed by atoms with Gasteiger partial charge in [0.2, 0.25) is 0 Å². The summed E-state index contributed by atoms with van der Waals surface area (Å²) in [7, 11) is -3.01. The average Bonchev–Trinajstić information content (AvgIpc) is 2.37. The van der Waals surface area contributed by atoms with Crippen molar-refractivity contribution in [1.82, 2.24) is 5.32 Å². The first-order chi connectivity index (χ1) is 9.32. The van der Waals surface area contributed by atoms with Gasteiger partial charge in [-0.15, -0.1) is 0 Å². The molecule has 0 aliphatic carbocycles. The molecule has 1 N–H and O–H groups in total. The van der Waals surface area contributed by atoms with Crippen molar-refractivity contribution in [2.75, 3.05) is 11.5 Å². The first kappa shape index (κ1) is 16.8. The third-order valence-corrected chi connectivity index (χ3v) is 4.63. The monoisotopic (exact) mass is 307 g/mol. The molecule has 0 heterocycles. The Morgan fingerprint density at radius 1 is 1.25 bits per heavy atom. The minimum Gasteiger partial charge on any atom is -0.435 e. The topological polar surface area (TPSA) is 55.4 Å². The summed E-state index contributed by atoms with van der Waals surface area (Å²) in [5.41, 5.74) is 0.868. The van der Waals surface area contributed by atoms with Crippen LogP contribution in [0.25, 0.3) is 0 Å². The number of alkyl halides is 2. The van der Waals surface area contributed by atoms with Crippen molar-refractivity contribution >= 4 is 9.84 Å². The summed E-state index contributed by atoms with van der Waals surface area (Å²) >= 11 is 0. The van der Waals surface area contributed by atoms with Crippen LogP contribution < -0.4 is 10.1 Å². The number of halogens is 2. The van der Waals surface area contributed by atoms with Gasteiger partial charge in [0, 0.05) is 18.3 Å². The highest BCUT2D eigenvalue weighted by atomic mass is 32.2. The molecule has 0 spiro atoms. The summed E-state index contributed by atoms with van der Waals surface area (Å²) in [6, 6.07) is 6.06. The second-order valence-corrected chi connectivity index (χ2v) is 6.90. The molecule has 4 nitrogen and oxygen atoms in total. The van der Waals surface area contributed by atoms with Crippen LogP contribution in [0.3, 0.4) is 0 Å². The lowest BCUT2D eigenvalue weighted by atomic mass is 10.2. The maximum atomic E-state index is 12.0. The van der Waals surface area contributed by atoms with Crippen molar-refractivity contribution < 1.29 is 21.9 Å². The van der Waals surface area contributed by atoms with Crippen LogP contribution in [-0.4, -0.2) is 32.6 Å². The van der Waals surface area contributed by atoms with Gasteiger partial charge < -0.3 is 10.1 Å². The van der Waals surface area contributed by atoms with Crippen LogP contribution >= 0.6 is 0 Å². The normalized spacial score (nSPS) is 13.4. The van der Waals surface area contributed by atoms with E-state index in [-0.39, 0.29) is 23.3 Å². The average molecular weight is 307 g/mol. The molecule has 0 bridgehead atoms. The zero-order valence-corrected chi connectivity index (χ0v) is 12.3. The van der Waals surface area contributed by atoms with E-state index >= 15 is 0 Å². The maximum Gasteiger partial charge on any atom is 0.387 e. The van der Waals surface area contributed by atoms with Crippen LogP contribution in [-0.2, 0) is 16.4 Å². The highest BCUT2D eigenvalue weighted by Gasteiger charge is 2.13. The standard InChI is InChI=1S/C13H19F2NO3S/c1-3-20(17,18)9-10(2)16-8-11-4-6-12(7-5-11)19-13(14)15/h4-7,10,13,16H,3,8-9H2,1-2H3. The lowest BCUT2D eigenvalue weighted by Gasteiger charge is -2.13. The highest BCUT2D eigenvalue weighted by Crippen LogP contribution is 2.14. The molecule has 0 saturated carbocycles. The predicted octanol–water partition coefficient (Wildman–Crippen LogP) is 2.20. The molecule has 0 amide bonds. The van der Waals surface area contributed by atoms with Crippen LogP contribution in [0.1, 0.15) is 19.4 Å². The fraction of sp³-hybridized carbons (Fsp3) is 0.538. The highest BCUT2D eigenvalue weighted by molar-refractivity contribution is 7.91. The fourth-order valence-corrected chi connectivity index (χ4v) is 2.75. The minimum atomic E-state index is -3.01. The summed E-state index contributed by atoms with van der Waals surface area (Å²) in [4.78, 5) is 0. The van der Waals surface area contributed by atoms with E-state index in [1.54, 1.807) is 26.0 Å². The van der Waals surface area contributed by atoms with Crippen LogP contribution in [0.2, 0.25) is 0 Å². The lowest BCUT2D eigenvalue weighted by Crippen LogP contribution is -2.33. The summed E-state index contributed by atoms with van der Waals surface area (Å²) in [5, 5.41) is 3.08. The zero-order chi connectivity index (χ0) is 15.2. The Balaban J connectivity index is 2.45. The van der Waals surface area contributed by atoms with Gasteiger partial charge in [-0.3, -0.25) is 0 Å². The van der Waals surface area contributed by atoms with Gasteiger partial charge in [0.15, 0.2) is 9.84 Å². The van der Waals surface area contributed by atoms with Crippen molar-refractivity contribution in [3.8, 4) is 5.75 Å². The van der Waals surface area contributed by atoms with Gasteiger partial charge >= 0.3 is 6.61 Å². The predicted molar refractivity (Wildman–Crippen MR) is 73.7 cm³/mol. The molecule has 1 atom stereocenters. The lowest BCUT2D eigenvalue weighted by molar-refractivity contribution is -0.0498. The summed E-state index contributed by atoms with van der Waals surface area (Å²) in [5.74, 6) is 0.305. The van der Waals surface area contributed by atoms with Crippen LogP contribution in [0.15, 0.2) is 24.3 Å². The second kappa shape index (κ2) is 7.54. The molecule has 1 aromatic rings. The summed E-state index contributed by atoms with van der Waals surface area (Å²) in [6.07, 6.45) is 0. The van der Waals surface area contributed by atoms with E-state index in [4.69, 9.17) is 0 Å². The third kappa shape index (κ3) is 6.29. The molecule has 0 aromatic heterocycles. The van der Waals surface area contributed by atoms with Crippen molar-refractivity contribution in [2.45, 2.75) is 33.0 Å². The third-order valence-electron chi connectivity index (χ3n) is 2.75. The quantitative estimate of drug-likeness (QED) is 0.800. The number of sulfone groups is 1. The number of nitrogens with one attached hydrogen (secondary N) is 1. The molecule has 0 aliphatic rings. The van der Waals surface area contributed by atoms with Gasteiger partial charge in [0.05, 0.1) is 5.75 Å². The smallest absolute Gasteiger partial charge is 0.387 e. The number of hydrogen-bond donors (Lipinski definition) is 1. The number of ether oxygens (including phenoxy) is 1. The molecular formula is C13H19F2NO3S. The minimum absolute atomic E-state index is 0.0794. The molecular weight excluding hydrogens is 288 g/mol. The molecule has 1 aromatic carbocycles. The van der Waals surface area contributed by atoms with Gasteiger partial charge in [-0.25, -0.2) is 8.42 Å². The van der Waals surface area contributed by atoms with Crippen molar-refractivity contribution in [3.63, 3.8) is 0 Å². The van der Waals surface area contributed by atoms with Crippen molar-refractivity contribution in [1.29, 1.82) is 0 Å². The molecule has 1 rings (SSSR count). The summed E-state index contributed by atoms with van der Waals surface area (Å²) < 4.78 is 51.1. The van der Waals surface area contributed by atoms with Crippen molar-refractivity contribution in [2.24, 2.45) is 0 Å². The van der Waals surface area contributed by atoms with E-state index in [1.165, 1.54) is 12.1 Å². The SMILES string of the molecule is CCS(=O)(=O)CC(C)NCc1ccc(OC(F)F)cc1. The number of rotatable bonds is 8. The Hall–Kier alpha value is -1.21. The maximum absolute atomic E-state index is 12.0. The van der Waals surface area contributed by atoms with Gasteiger partial charge in [-0.1, -0.05) is 19.1 Å². The van der Waals surface area contributed by atoms with E-state index in [1.807, 2.05) is 0 Å². The van der Waals surface area contributed by atoms with E-state index < -0.39 is 16.4 Å². The Labute approximate surface area is 118 Å².